The molecule has 2 fully saturated rings. The van der Waals surface area contributed by atoms with Crippen molar-refractivity contribution in [2.45, 2.75) is 31.5 Å². The first-order chi connectivity index (χ1) is 7.84. The third kappa shape index (κ3) is 2.09. The molecule has 0 unspecified atom stereocenters. The molecule has 2 aliphatic rings. The van der Waals surface area contributed by atoms with E-state index < -0.39 is 0 Å². The molecule has 1 N–H and O–H groups in total. The van der Waals surface area contributed by atoms with Crippen LogP contribution in [0.4, 0.5) is 0 Å². The normalized spacial score (nSPS) is 27.5. The SMILES string of the molecule is O=C(OCc1ccccc1)[C@H]1N[C@H]1C1CC1. The first-order valence-corrected chi connectivity index (χ1v) is 5.81. The molecule has 0 spiro atoms. The first-order valence-electron chi connectivity index (χ1n) is 5.81. The van der Waals surface area contributed by atoms with E-state index in [-0.39, 0.29) is 12.0 Å². The second-order valence-electron chi connectivity index (χ2n) is 4.60. The van der Waals surface area contributed by atoms with Crippen LogP contribution in [0, 0.1) is 5.92 Å². The van der Waals surface area contributed by atoms with Gasteiger partial charge in [-0.15, -0.1) is 0 Å². The number of esters is 1. The molecule has 1 aromatic carbocycles. The van der Waals surface area contributed by atoms with E-state index >= 15 is 0 Å². The van der Waals surface area contributed by atoms with Gasteiger partial charge in [0, 0.05) is 6.04 Å². The van der Waals surface area contributed by atoms with Crippen molar-refractivity contribution in [2.75, 3.05) is 0 Å². The van der Waals surface area contributed by atoms with Crippen molar-refractivity contribution in [2.24, 2.45) is 5.92 Å². The molecule has 0 amide bonds. The molecule has 1 aromatic rings. The lowest BCUT2D eigenvalue weighted by atomic mass is 10.2. The number of carbonyl (C=O) groups is 1. The number of carbonyl (C=O) groups excluding carboxylic acids is 1. The van der Waals surface area contributed by atoms with Gasteiger partial charge in [0.05, 0.1) is 0 Å². The van der Waals surface area contributed by atoms with Gasteiger partial charge in [0.15, 0.2) is 0 Å². The van der Waals surface area contributed by atoms with Crippen molar-refractivity contribution >= 4 is 5.97 Å². The zero-order valence-electron chi connectivity index (χ0n) is 9.06. The van der Waals surface area contributed by atoms with E-state index in [4.69, 9.17) is 4.74 Å². The lowest BCUT2D eigenvalue weighted by molar-refractivity contribution is -0.144. The van der Waals surface area contributed by atoms with Crippen LogP contribution >= 0.6 is 0 Å². The molecule has 3 rings (SSSR count). The van der Waals surface area contributed by atoms with Crippen LogP contribution in [0.15, 0.2) is 30.3 Å². The summed E-state index contributed by atoms with van der Waals surface area (Å²) in [5.41, 5.74) is 1.04. The molecule has 1 saturated heterocycles. The highest BCUT2D eigenvalue weighted by Crippen LogP contribution is 2.39. The maximum absolute atomic E-state index is 11.6. The molecule has 3 heteroatoms. The summed E-state index contributed by atoms with van der Waals surface area (Å²) in [6.07, 6.45) is 2.53. The third-order valence-electron chi connectivity index (χ3n) is 3.23. The van der Waals surface area contributed by atoms with Gasteiger partial charge in [-0.05, 0) is 24.3 Å². The number of nitrogens with one attached hydrogen (secondary N) is 1. The molecule has 1 saturated carbocycles. The maximum atomic E-state index is 11.6. The highest BCUT2D eigenvalue weighted by Gasteiger charge is 2.51. The second-order valence-corrected chi connectivity index (χ2v) is 4.60. The molecule has 0 radical (unpaired) electrons. The third-order valence-corrected chi connectivity index (χ3v) is 3.23. The molecule has 16 heavy (non-hydrogen) atoms. The van der Waals surface area contributed by atoms with Crippen molar-refractivity contribution in [3.63, 3.8) is 0 Å². The quantitative estimate of drug-likeness (QED) is 0.614. The summed E-state index contributed by atoms with van der Waals surface area (Å²) < 4.78 is 5.26. The van der Waals surface area contributed by atoms with E-state index in [2.05, 4.69) is 5.32 Å². The summed E-state index contributed by atoms with van der Waals surface area (Å²) in [6.45, 7) is 0.384. The molecular formula is C13H15NO2. The molecule has 0 bridgehead atoms. The smallest absolute Gasteiger partial charge is 0.325 e. The lowest BCUT2D eigenvalue weighted by Crippen LogP contribution is -2.15. The molecule has 2 atom stereocenters. The van der Waals surface area contributed by atoms with E-state index in [0.29, 0.717) is 12.6 Å². The van der Waals surface area contributed by atoms with Crippen LogP contribution < -0.4 is 5.32 Å². The molecular weight excluding hydrogens is 202 g/mol. The topological polar surface area (TPSA) is 48.2 Å². The van der Waals surface area contributed by atoms with Crippen molar-refractivity contribution in [3.05, 3.63) is 35.9 Å². The lowest BCUT2D eigenvalue weighted by Gasteiger charge is -2.03. The molecule has 1 aliphatic heterocycles. The maximum Gasteiger partial charge on any atom is 0.325 e. The van der Waals surface area contributed by atoms with Crippen LogP contribution in [0.1, 0.15) is 18.4 Å². The zero-order chi connectivity index (χ0) is 11.0. The Balaban J connectivity index is 1.47. The van der Waals surface area contributed by atoms with Gasteiger partial charge in [-0.2, -0.15) is 0 Å². The average Bonchev–Trinajstić information content (AvgIpc) is 3.18. The second kappa shape index (κ2) is 3.91. The standard InChI is InChI=1S/C13H15NO2/c15-13(12-11(14-12)10-6-7-10)16-8-9-4-2-1-3-5-9/h1-5,10-12,14H,6-8H2/t11-,12-/m0/s1. The average molecular weight is 217 g/mol. The van der Waals surface area contributed by atoms with Crippen LogP contribution in [0.5, 0.6) is 0 Å². The number of hydrogen-bond donors (Lipinski definition) is 1. The van der Waals surface area contributed by atoms with Gasteiger partial charge in [0.25, 0.3) is 0 Å². The number of ether oxygens (including phenoxy) is 1. The molecule has 84 valence electrons. The Kier molecular flexibility index (Phi) is 2.40. The van der Waals surface area contributed by atoms with Crippen molar-refractivity contribution < 1.29 is 9.53 Å². The Morgan fingerprint density at radius 3 is 2.75 bits per heavy atom. The first kappa shape index (κ1) is 9.85. The number of hydrogen-bond acceptors (Lipinski definition) is 3. The van der Waals surface area contributed by atoms with Crippen LogP contribution in [0.25, 0.3) is 0 Å². The van der Waals surface area contributed by atoms with Gasteiger partial charge in [0.1, 0.15) is 12.6 Å². The Bertz CT molecular complexity index is 386. The monoisotopic (exact) mass is 217 g/mol. The largest absolute Gasteiger partial charge is 0.460 e. The Hall–Kier alpha value is -1.35. The highest BCUT2D eigenvalue weighted by molar-refractivity contribution is 5.80. The molecule has 1 aliphatic carbocycles. The summed E-state index contributed by atoms with van der Waals surface area (Å²) >= 11 is 0. The number of rotatable bonds is 4. The van der Waals surface area contributed by atoms with Gasteiger partial charge in [-0.25, -0.2) is 0 Å². The minimum Gasteiger partial charge on any atom is -0.460 e. The minimum absolute atomic E-state index is 0.0313. The fraction of sp³-hybridized carbons (Fsp3) is 0.462. The predicted molar refractivity (Wildman–Crippen MR) is 59.7 cm³/mol. The van der Waals surface area contributed by atoms with Crippen LogP contribution in [0.2, 0.25) is 0 Å². The Morgan fingerprint density at radius 2 is 2.06 bits per heavy atom. The van der Waals surface area contributed by atoms with Gasteiger partial charge >= 0.3 is 5.97 Å². The Morgan fingerprint density at radius 1 is 1.31 bits per heavy atom. The highest BCUT2D eigenvalue weighted by atomic mass is 16.5. The van der Waals surface area contributed by atoms with E-state index in [9.17, 15) is 4.79 Å². The molecule has 0 aromatic heterocycles. The van der Waals surface area contributed by atoms with Gasteiger partial charge in [0.2, 0.25) is 0 Å². The summed E-state index contributed by atoms with van der Waals surface area (Å²) in [5, 5.41) is 3.19. The predicted octanol–water partition coefficient (Wildman–Crippen LogP) is 1.48. The van der Waals surface area contributed by atoms with Gasteiger partial charge < -0.3 is 4.74 Å². The van der Waals surface area contributed by atoms with Gasteiger partial charge in [-0.1, -0.05) is 30.3 Å². The van der Waals surface area contributed by atoms with E-state index in [1.807, 2.05) is 30.3 Å². The summed E-state index contributed by atoms with van der Waals surface area (Å²) in [7, 11) is 0. The molecule has 3 nitrogen and oxygen atoms in total. The number of benzene rings is 1. The van der Waals surface area contributed by atoms with Crippen molar-refractivity contribution in [1.29, 1.82) is 0 Å². The van der Waals surface area contributed by atoms with Gasteiger partial charge in [-0.3, -0.25) is 10.1 Å². The summed E-state index contributed by atoms with van der Waals surface area (Å²) in [4.78, 5) is 11.6. The van der Waals surface area contributed by atoms with Crippen LogP contribution in [-0.4, -0.2) is 18.1 Å². The zero-order valence-corrected chi connectivity index (χ0v) is 9.06. The van der Waals surface area contributed by atoms with E-state index in [0.717, 1.165) is 11.5 Å². The summed E-state index contributed by atoms with van der Waals surface area (Å²) in [6, 6.07) is 10.2. The Labute approximate surface area is 94.8 Å². The molecule has 1 heterocycles. The van der Waals surface area contributed by atoms with E-state index in [1.54, 1.807) is 0 Å². The minimum atomic E-state index is -0.0965. The van der Waals surface area contributed by atoms with Crippen molar-refractivity contribution in [3.8, 4) is 0 Å². The van der Waals surface area contributed by atoms with Crippen LogP contribution in [0.3, 0.4) is 0 Å². The fourth-order valence-corrected chi connectivity index (χ4v) is 2.05. The van der Waals surface area contributed by atoms with E-state index in [1.165, 1.54) is 12.8 Å². The summed E-state index contributed by atoms with van der Waals surface area (Å²) in [5.74, 6) is 0.634. The van der Waals surface area contributed by atoms with Crippen LogP contribution in [-0.2, 0) is 16.1 Å². The van der Waals surface area contributed by atoms with Crippen molar-refractivity contribution in [1.82, 2.24) is 5.32 Å². The fourth-order valence-electron chi connectivity index (χ4n) is 2.05.